The molecule has 1 atom stereocenters. The van der Waals surface area contributed by atoms with Crippen LogP contribution in [-0.2, 0) is 23.2 Å². The maximum Gasteiger partial charge on any atom is 0.254 e. The first kappa shape index (κ1) is 25.2. The number of β-amino-alcohol motifs (C(OH)–C–C–N with tert-alkyl or cyclic N) is 1. The lowest BCUT2D eigenvalue weighted by Crippen LogP contribution is -2.51. The fourth-order valence-corrected chi connectivity index (χ4v) is 6.89. The highest BCUT2D eigenvalue weighted by atomic mass is 32.1. The van der Waals surface area contributed by atoms with Gasteiger partial charge in [-0.15, -0.1) is 11.3 Å². The average Bonchev–Trinajstić information content (AvgIpc) is 3.30. The van der Waals surface area contributed by atoms with E-state index in [1.54, 1.807) is 6.92 Å². The van der Waals surface area contributed by atoms with Gasteiger partial charge in [0.15, 0.2) is 0 Å². The van der Waals surface area contributed by atoms with Crippen molar-refractivity contribution in [3.8, 4) is 0 Å². The Bertz CT molecular complexity index is 1120. The number of anilines is 1. The van der Waals surface area contributed by atoms with Gasteiger partial charge in [0.1, 0.15) is 0 Å². The molecule has 1 aromatic carbocycles. The summed E-state index contributed by atoms with van der Waals surface area (Å²) < 4.78 is 0. The second-order valence-corrected chi connectivity index (χ2v) is 12.3. The minimum Gasteiger partial charge on any atom is -0.390 e. The Labute approximate surface area is 218 Å². The monoisotopic (exact) mass is 510 g/mol. The Kier molecular flexibility index (Phi) is 7.12. The Morgan fingerprint density at radius 3 is 2.72 bits per heavy atom. The number of rotatable bonds is 6. The Morgan fingerprint density at radius 1 is 1.19 bits per heavy atom. The van der Waals surface area contributed by atoms with Crippen molar-refractivity contribution in [3.63, 3.8) is 0 Å². The summed E-state index contributed by atoms with van der Waals surface area (Å²) in [6, 6.07) is 8.62. The van der Waals surface area contributed by atoms with Crippen LogP contribution in [0.5, 0.6) is 0 Å². The van der Waals surface area contributed by atoms with E-state index in [9.17, 15) is 14.7 Å². The summed E-state index contributed by atoms with van der Waals surface area (Å²) in [5, 5.41) is 16.7. The van der Waals surface area contributed by atoms with E-state index in [-0.39, 0.29) is 23.3 Å². The van der Waals surface area contributed by atoms with Gasteiger partial charge >= 0.3 is 0 Å². The predicted molar refractivity (Wildman–Crippen MR) is 144 cm³/mol. The average molecular weight is 511 g/mol. The van der Waals surface area contributed by atoms with Gasteiger partial charge in [0.2, 0.25) is 5.91 Å². The zero-order valence-corrected chi connectivity index (χ0v) is 22.4. The van der Waals surface area contributed by atoms with Crippen molar-refractivity contribution in [2.24, 2.45) is 0 Å². The van der Waals surface area contributed by atoms with Crippen LogP contribution in [-0.4, -0.2) is 83.0 Å². The van der Waals surface area contributed by atoms with Crippen LogP contribution < -0.4 is 5.32 Å². The van der Waals surface area contributed by atoms with Crippen LogP contribution in [0.25, 0.3) is 0 Å². The summed E-state index contributed by atoms with van der Waals surface area (Å²) in [6.07, 6.45) is 2.25. The first-order chi connectivity index (χ1) is 17.2. The quantitative estimate of drug-likeness (QED) is 0.624. The highest BCUT2D eigenvalue weighted by Crippen LogP contribution is 2.35. The third-order valence-electron chi connectivity index (χ3n) is 7.95. The van der Waals surface area contributed by atoms with Gasteiger partial charge in [-0.05, 0) is 54.0 Å². The molecule has 0 spiro atoms. The van der Waals surface area contributed by atoms with Crippen molar-refractivity contribution >= 4 is 28.8 Å². The number of carbonyl (C=O) groups excluding carboxylic acids is 2. The number of benzene rings is 1. The van der Waals surface area contributed by atoms with Crippen LogP contribution in [0, 0.1) is 0 Å². The van der Waals surface area contributed by atoms with Crippen LogP contribution in [0.15, 0.2) is 29.6 Å². The van der Waals surface area contributed by atoms with Gasteiger partial charge in [-0.1, -0.05) is 19.9 Å². The zero-order valence-electron chi connectivity index (χ0n) is 21.6. The van der Waals surface area contributed by atoms with Gasteiger partial charge in [0.05, 0.1) is 6.10 Å². The number of nitrogens with zero attached hydrogens (tertiary/aromatic N) is 3. The number of thiophene rings is 1. The van der Waals surface area contributed by atoms with Crippen molar-refractivity contribution in [3.05, 3.63) is 51.2 Å². The number of piperidine rings is 1. The molecule has 3 aliphatic rings. The number of nitrogens with one attached hydrogen (secondary N) is 1. The molecule has 0 aliphatic carbocycles. The molecule has 1 fully saturated rings. The second kappa shape index (κ2) is 10.1. The molecular weight excluding hydrogens is 472 g/mol. The number of aliphatic hydroxyl groups excluding tert-OH is 1. The van der Waals surface area contributed by atoms with Crippen LogP contribution >= 0.6 is 11.3 Å². The van der Waals surface area contributed by atoms with E-state index < -0.39 is 6.10 Å². The van der Waals surface area contributed by atoms with Crippen LogP contribution in [0.3, 0.4) is 0 Å². The van der Waals surface area contributed by atoms with Crippen LogP contribution in [0.1, 0.15) is 60.0 Å². The summed E-state index contributed by atoms with van der Waals surface area (Å²) in [4.78, 5) is 32.7. The molecular formula is C28H38N4O3S. The molecule has 2 N–H and O–H groups in total. The van der Waals surface area contributed by atoms with Gasteiger partial charge in [-0.2, -0.15) is 0 Å². The number of aliphatic hydroxyl groups is 1. The summed E-state index contributed by atoms with van der Waals surface area (Å²) in [6.45, 7) is 10.8. The lowest BCUT2D eigenvalue weighted by molar-refractivity contribution is -0.129. The maximum atomic E-state index is 13.6. The molecule has 7 nitrogen and oxygen atoms in total. The van der Waals surface area contributed by atoms with E-state index in [4.69, 9.17) is 0 Å². The summed E-state index contributed by atoms with van der Waals surface area (Å²) in [7, 11) is 0. The van der Waals surface area contributed by atoms with Crippen molar-refractivity contribution < 1.29 is 14.7 Å². The molecule has 2 amide bonds. The molecule has 0 radical (unpaired) electrons. The van der Waals surface area contributed by atoms with E-state index in [0.717, 1.165) is 62.3 Å². The van der Waals surface area contributed by atoms with Crippen molar-refractivity contribution in [1.29, 1.82) is 0 Å². The van der Waals surface area contributed by atoms with E-state index in [1.165, 1.54) is 10.4 Å². The standard InChI is InChI=1S/C28H38N4O3S/c1-19(33)31-11-6-21(7-12-31)29-22-4-5-25-24(14-22)27(35)32(18-28(25,2)3)17-23(34)16-30-10-8-26-20(15-30)9-13-36-26/h4-5,9,13-14,21,23,29,34H,6-8,10-12,15-18H2,1-3H3. The molecule has 3 aliphatic heterocycles. The first-order valence-electron chi connectivity index (χ1n) is 13.1. The van der Waals surface area contributed by atoms with Gasteiger partial charge in [0.25, 0.3) is 5.91 Å². The fraction of sp³-hybridized carbons (Fsp3) is 0.571. The number of amides is 2. The van der Waals surface area contributed by atoms with Gasteiger partial charge in [-0.3, -0.25) is 14.5 Å². The topological polar surface area (TPSA) is 76.1 Å². The van der Waals surface area contributed by atoms with E-state index in [1.807, 2.05) is 27.2 Å². The minimum absolute atomic E-state index is 0.00260. The highest BCUT2D eigenvalue weighted by molar-refractivity contribution is 7.10. The molecule has 5 rings (SSSR count). The third-order valence-corrected chi connectivity index (χ3v) is 8.97. The molecule has 0 bridgehead atoms. The molecule has 1 saturated heterocycles. The Hall–Kier alpha value is -2.42. The third kappa shape index (κ3) is 5.31. The second-order valence-electron chi connectivity index (χ2n) is 11.3. The van der Waals surface area contributed by atoms with Crippen LogP contribution in [0.2, 0.25) is 0 Å². The number of likely N-dealkylation sites (tertiary alicyclic amines) is 1. The first-order valence-corrected chi connectivity index (χ1v) is 14.0. The smallest absolute Gasteiger partial charge is 0.254 e. The number of fused-ring (bicyclic) bond motifs is 2. The fourth-order valence-electron chi connectivity index (χ4n) is 6.00. The summed E-state index contributed by atoms with van der Waals surface area (Å²) in [5.74, 6) is 0.131. The Balaban J connectivity index is 1.23. The largest absolute Gasteiger partial charge is 0.390 e. The normalized spacial score (nSPS) is 21.2. The molecule has 1 aromatic heterocycles. The number of hydrogen-bond donors (Lipinski definition) is 2. The van der Waals surface area contributed by atoms with Crippen molar-refractivity contribution in [2.45, 2.75) is 64.1 Å². The molecule has 4 heterocycles. The van der Waals surface area contributed by atoms with Crippen LogP contribution in [0.4, 0.5) is 5.69 Å². The molecule has 0 saturated carbocycles. The van der Waals surface area contributed by atoms with Crippen molar-refractivity contribution in [2.75, 3.05) is 44.6 Å². The number of carbonyl (C=O) groups is 2. The molecule has 1 unspecified atom stereocenters. The van der Waals surface area contributed by atoms with E-state index in [2.05, 4.69) is 47.6 Å². The lowest BCUT2D eigenvalue weighted by atomic mass is 9.77. The highest BCUT2D eigenvalue weighted by Gasteiger charge is 2.37. The molecule has 194 valence electrons. The molecule has 36 heavy (non-hydrogen) atoms. The Morgan fingerprint density at radius 2 is 1.97 bits per heavy atom. The summed E-state index contributed by atoms with van der Waals surface area (Å²) >= 11 is 1.82. The molecule has 2 aromatic rings. The molecule has 8 heteroatoms. The van der Waals surface area contributed by atoms with Gasteiger partial charge < -0.3 is 20.2 Å². The maximum absolute atomic E-state index is 13.6. The SMILES string of the molecule is CC(=O)N1CCC(Nc2ccc3c(c2)C(=O)N(CC(O)CN2CCc4sccc4C2)CC3(C)C)CC1. The van der Waals surface area contributed by atoms with Gasteiger partial charge in [0, 0.05) is 80.3 Å². The van der Waals surface area contributed by atoms with E-state index in [0.29, 0.717) is 19.6 Å². The minimum atomic E-state index is -0.584. The lowest BCUT2D eigenvalue weighted by Gasteiger charge is -2.41. The zero-order chi connectivity index (χ0) is 25.4. The summed E-state index contributed by atoms with van der Waals surface area (Å²) in [5.41, 5.74) is 3.92. The van der Waals surface area contributed by atoms with Gasteiger partial charge in [-0.25, -0.2) is 0 Å². The number of hydrogen-bond acceptors (Lipinski definition) is 6. The van der Waals surface area contributed by atoms with E-state index >= 15 is 0 Å². The van der Waals surface area contributed by atoms with Crippen molar-refractivity contribution in [1.82, 2.24) is 14.7 Å². The predicted octanol–water partition coefficient (Wildman–Crippen LogP) is 3.32.